The van der Waals surface area contributed by atoms with Gasteiger partial charge in [0.15, 0.2) is 9.84 Å². The fourth-order valence-electron chi connectivity index (χ4n) is 2.92. The van der Waals surface area contributed by atoms with Crippen molar-refractivity contribution in [2.75, 3.05) is 31.1 Å². The standard InChI is InChI=1S/C12H24N2O2S/c1-2-3-6-13-11-9-17(15,16)10-12(11)14-7-4-5-8-14/h11-13H,2-10H2,1H3/t11-,12-/m1/s1. The summed E-state index contributed by atoms with van der Waals surface area (Å²) in [4.78, 5) is 2.37. The summed E-state index contributed by atoms with van der Waals surface area (Å²) in [5.41, 5.74) is 0. The van der Waals surface area contributed by atoms with Gasteiger partial charge in [-0.15, -0.1) is 0 Å². The summed E-state index contributed by atoms with van der Waals surface area (Å²) in [6, 6.07) is 0.379. The van der Waals surface area contributed by atoms with Crippen LogP contribution < -0.4 is 5.32 Å². The Morgan fingerprint density at radius 3 is 2.59 bits per heavy atom. The van der Waals surface area contributed by atoms with Crippen molar-refractivity contribution in [3.8, 4) is 0 Å². The second kappa shape index (κ2) is 5.67. The lowest BCUT2D eigenvalue weighted by Crippen LogP contribution is -2.48. The molecule has 0 aromatic rings. The highest BCUT2D eigenvalue weighted by Crippen LogP contribution is 2.22. The predicted octanol–water partition coefficient (Wildman–Crippen LogP) is 0.638. The van der Waals surface area contributed by atoms with Crippen molar-refractivity contribution >= 4 is 9.84 Å². The fourth-order valence-corrected chi connectivity index (χ4v) is 4.91. The molecule has 0 saturated carbocycles. The molecule has 0 amide bonds. The van der Waals surface area contributed by atoms with E-state index in [-0.39, 0.29) is 12.1 Å². The molecule has 0 aromatic heterocycles. The van der Waals surface area contributed by atoms with Crippen LogP contribution in [0.15, 0.2) is 0 Å². The normalized spacial score (nSPS) is 33.2. The van der Waals surface area contributed by atoms with Gasteiger partial charge < -0.3 is 5.32 Å². The number of sulfone groups is 1. The smallest absolute Gasteiger partial charge is 0.153 e. The number of nitrogens with zero attached hydrogens (tertiary/aromatic N) is 1. The van der Waals surface area contributed by atoms with E-state index < -0.39 is 9.84 Å². The molecular formula is C12H24N2O2S. The van der Waals surface area contributed by atoms with Crippen molar-refractivity contribution in [1.82, 2.24) is 10.2 Å². The first-order valence-electron chi connectivity index (χ1n) is 6.80. The summed E-state index contributed by atoms with van der Waals surface area (Å²) in [6.45, 7) is 5.25. The van der Waals surface area contributed by atoms with Crippen LogP contribution in [0.4, 0.5) is 0 Å². The van der Waals surface area contributed by atoms with E-state index in [4.69, 9.17) is 0 Å². The second-order valence-corrected chi connectivity index (χ2v) is 7.46. The molecule has 0 unspecified atom stereocenters. The zero-order valence-corrected chi connectivity index (χ0v) is 11.5. The molecule has 17 heavy (non-hydrogen) atoms. The minimum atomic E-state index is -2.82. The van der Waals surface area contributed by atoms with Gasteiger partial charge in [-0.25, -0.2) is 8.42 Å². The summed E-state index contributed by atoms with van der Waals surface area (Å²) in [6.07, 6.45) is 4.72. The van der Waals surface area contributed by atoms with Crippen LogP contribution >= 0.6 is 0 Å². The first-order valence-corrected chi connectivity index (χ1v) is 8.62. The Hall–Kier alpha value is -0.130. The molecule has 2 fully saturated rings. The van der Waals surface area contributed by atoms with E-state index in [2.05, 4.69) is 17.1 Å². The van der Waals surface area contributed by atoms with E-state index in [9.17, 15) is 8.42 Å². The van der Waals surface area contributed by atoms with Gasteiger partial charge in [0.2, 0.25) is 0 Å². The van der Waals surface area contributed by atoms with Gasteiger partial charge in [-0.05, 0) is 38.9 Å². The maximum Gasteiger partial charge on any atom is 0.153 e. The molecule has 4 nitrogen and oxygen atoms in total. The van der Waals surface area contributed by atoms with Crippen molar-refractivity contribution in [2.45, 2.75) is 44.7 Å². The highest BCUT2D eigenvalue weighted by Gasteiger charge is 2.41. The first-order chi connectivity index (χ1) is 8.12. The molecule has 5 heteroatoms. The van der Waals surface area contributed by atoms with Crippen molar-refractivity contribution in [1.29, 1.82) is 0 Å². The van der Waals surface area contributed by atoms with Gasteiger partial charge >= 0.3 is 0 Å². The summed E-state index contributed by atoms with van der Waals surface area (Å²) >= 11 is 0. The number of nitrogens with one attached hydrogen (secondary N) is 1. The zero-order valence-electron chi connectivity index (χ0n) is 10.7. The molecule has 2 atom stereocenters. The molecule has 2 aliphatic rings. The Kier molecular flexibility index (Phi) is 4.44. The largest absolute Gasteiger partial charge is 0.311 e. The average molecular weight is 260 g/mol. The molecule has 1 N–H and O–H groups in total. The van der Waals surface area contributed by atoms with E-state index in [0.717, 1.165) is 32.5 Å². The maximum absolute atomic E-state index is 11.8. The number of unbranched alkanes of at least 4 members (excludes halogenated alkanes) is 1. The zero-order chi connectivity index (χ0) is 12.3. The highest BCUT2D eigenvalue weighted by atomic mass is 32.2. The summed E-state index contributed by atoms with van der Waals surface area (Å²) < 4.78 is 23.5. The van der Waals surface area contributed by atoms with E-state index in [0.29, 0.717) is 11.5 Å². The molecule has 0 bridgehead atoms. The van der Waals surface area contributed by atoms with Gasteiger partial charge in [0.25, 0.3) is 0 Å². The Morgan fingerprint density at radius 2 is 1.94 bits per heavy atom. The van der Waals surface area contributed by atoms with Gasteiger partial charge in [0.05, 0.1) is 11.5 Å². The summed E-state index contributed by atoms with van der Waals surface area (Å²) in [5.74, 6) is 0.689. The lowest BCUT2D eigenvalue weighted by molar-refractivity contribution is 0.226. The minimum absolute atomic E-state index is 0.157. The van der Waals surface area contributed by atoms with E-state index in [1.54, 1.807) is 0 Å². The average Bonchev–Trinajstić information content (AvgIpc) is 2.86. The third kappa shape index (κ3) is 3.42. The van der Waals surface area contributed by atoms with Crippen molar-refractivity contribution in [3.63, 3.8) is 0 Å². The molecule has 0 aliphatic carbocycles. The fraction of sp³-hybridized carbons (Fsp3) is 1.00. The topological polar surface area (TPSA) is 49.4 Å². The molecule has 2 heterocycles. The maximum atomic E-state index is 11.8. The molecule has 100 valence electrons. The third-order valence-electron chi connectivity index (χ3n) is 3.87. The van der Waals surface area contributed by atoms with Gasteiger partial charge in [-0.3, -0.25) is 4.90 Å². The monoisotopic (exact) mass is 260 g/mol. The molecule has 2 rings (SSSR count). The van der Waals surface area contributed by atoms with Crippen LogP contribution in [0, 0.1) is 0 Å². The van der Waals surface area contributed by atoms with E-state index in [1.165, 1.54) is 12.8 Å². The van der Waals surface area contributed by atoms with Crippen molar-refractivity contribution < 1.29 is 8.42 Å². The van der Waals surface area contributed by atoms with Crippen LogP contribution in [-0.4, -0.2) is 56.5 Å². The van der Waals surface area contributed by atoms with Gasteiger partial charge in [0.1, 0.15) is 0 Å². The second-order valence-electron chi connectivity index (χ2n) is 5.30. The molecule has 0 radical (unpaired) electrons. The van der Waals surface area contributed by atoms with Gasteiger partial charge in [-0.1, -0.05) is 13.3 Å². The van der Waals surface area contributed by atoms with Gasteiger partial charge in [0, 0.05) is 12.1 Å². The van der Waals surface area contributed by atoms with E-state index >= 15 is 0 Å². The number of rotatable bonds is 5. The lowest BCUT2D eigenvalue weighted by Gasteiger charge is -2.28. The van der Waals surface area contributed by atoms with Gasteiger partial charge in [-0.2, -0.15) is 0 Å². The molecule has 0 aromatic carbocycles. The SMILES string of the molecule is CCCCN[C@@H]1CS(=O)(=O)C[C@H]1N1CCCC1. The third-order valence-corrected chi connectivity index (χ3v) is 5.59. The van der Waals surface area contributed by atoms with Crippen molar-refractivity contribution in [3.05, 3.63) is 0 Å². The highest BCUT2D eigenvalue weighted by molar-refractivity contribution is 7.91. The summed E-state index contributed by atoms with van der Waals surface area (Å²) in [7, 11) is -2.82. The Labute approximate surface area is 105 Å². The number of hydrogen-bond acceptors (Lipinski definition) is 4. The Bertz CT molecular complexity index is 336. The molecule has 0 spiro atoms. The Morgan fingerprint density at radius 1 is 1.24 bits per heavy atom. The first kappa shape index (κ1) is 13.3. The molecular weight excluding hydrogens is 236 g/mol. The van der Waals surface area contributed by atoms with Crippen LogP contribution in [0.3, 0.4) is 0 Å². The van der Waals surface area contributed by atoms with Crippen LogP contribution in [-0.2, 0) is 9.84 Å². The number of hydrogen-bond donors (Lipinski definition) is 1. The lowest BCUT2D eigenvalue weighted by atomic mass is 10.1. The van der Waals surface area contributed by atoms with Crippen LogP contribution in [0.5, 0.6) is 0 Å². The minimum Gasteiger partial charge on any atom is -0.311 e. The predicted molar refractivity (Wildman–Crippen MR) is 69.9 cm³/mol. The van der Waals surface area contributed by atoms with E-state index in [1.807, 2.05) is 0 Å². The summed E-state index contributed by atoms with van der Waals surface area (Å²) in [5, 5.41) is 3.44. The van der Waals surface area contributed by atoms with Crippen LogP contribution in [0.25, 0.3) is 0 Å². The van der Waals surface area contributed by atoms with Crippen LogP contribution in [0.2, 0.25) is 0 Å². The number of likely N-dealkylation sites (tertiary alicyclic amines) is 1. The molecule has 2 saturated heterocycles. The van der Waals surface area contributed by atoms with Crippen molar-refractivity contribution in [2.24, 2.45) is 0 Å². The Balaban J connectivity index is 1.95. The van der Waals surface area contributed by atoms with Crippen LogP contribution in [0.1, 0.15) is 32.6 Å². The quantitative estimate of drug-likeness (QED) is 0.737. The molecule has 2 aliphatic heterocycles.